The number of carbonyl (C=O) groups excluding carboxylic acids is 1. The van der Waals surface area contributed by atoms with E-state index in [9.17, 15) is 4.79 Å². The first-order valence-electron chi connectivity index (χ1n) is 6.43. The molecule has 1 N–H and O–H groups in total. The lowest BCUT2D eigenvalue weighted by Crippen LogP contribution is -2.33. The first-order chi connectivity index (χ1) is 8.25. The molecule has 1 amide bonds. The molecule has 3 nitrogen and oxygen atoms in total. The van der Waals surface area contributed by atoms with Gasteiger partial charge in [0.1, 0.15) is 0 Å². The van der Waals surface area contributed by atoms with Crippen molar-refractivity contribution in [1.82, 2.24) is 4.90 Å². The number of hydrogen-bond donors (Lipinski definition) is 1. The van der Waals surface area contributed by atoms with Crippen molar-refractivity contribution < 1.29 is 4.79 Å². The fraction of sp³-hybridized carbons (Fsp3) is 0.500. The minimum atomic E-state index is 0. The van der Waals surface area contributed by atoms with E-state index in [-0.39, 0.29) is 18.3 Å². The van der Waals surface area contributed by atoms with Crippen LogP contribution in [0.15, 0.2) is 18.2 Å². The number of nitrogens with one attached hydrogen (secondary N) is 1. The van der Waals surface area contributed by atoms with Gasteiger partial charge in [-0.05, 0) is 49.9 Å². The standard InChI is InChI=1S/C14H18N2O.ClH/c1-10-3-2-8-16(10)14(17)12-4-5-13-11(9-12)6-7-15-13;/h4-5,9-10,15H,2-3,6-8H2,1H3;1H. The summed E-state index contributed by atoms with van der Waals surface area (Å²) in [4.78, 5) is 14.4. The lowest BCUT2D eigenvalue weighted by atomic mass is 10.1. The molecule has 4 heteroatoms. The van der Waals surface area contributed by atoms with Crippen LogP contribution < -0.4 is 5.32 Å². The summed E-state index contributed by atoms with van der Waals surface area (Å²) in [5.74, 6) is 0.199. The molecule has 2 aliphatic heterocycles. The number of nitrogens with zero attached hydrogens (tertiary/aromatic N) is 1. The van der Waals surface area contributed by atoms with Crippen molar-refractivity contribution in [2.24, 2.45) is 0 Å². The highest BCUT2D eigenvalue weighted by molar-refractivity contribution is 5.95. The van der Waals surface area contributed by atoms with Gasteiger partial charge in [0.15, 0.2) is 0 Å². The topological polar surface area (TPSA) is 32.3 Å². The molecule has 1 fully saturated rings. The molecule has 0 aliphatic carbocycles. The monoisotopic (exact) mass is 266 g/mol. The molecule has 2 heterocycles. The van der Waals surface area contributed by atoms with Gasteiger partial charge in [-0.15, -0.1) is 12.4 Å². The number of halogens is 1. The van der Waals surface area contributed by atoms with E-state index >= 15 is 0 Å². The molecule has 1 aromatic carbocycles. The second kappa shape index (κ2) is 5.19. The highest BCUT2D eigenvalue weighted by Crippen LogP contribution is 2.25. The van der Waals surface area contributed by atoms with Gasteiger partial charge in [0.25, 0.3) is 5.91 Å². The zero-order valence-corrected chi connectivity index (χ0v) is 11.4. The van der Waals surface area contributed by atoms with Gasteiger partial charge in [-0.2, -0.15) is 0 Å². The Morgan fingerprint density at radius 3 is 3.00 bits per heavy atom. The normalized spacial score (nSPS) is 21.2. The molecular formula is C14H19ClN2O. The maximum absolute atomic E-state index is 12.4. The maximum Gasteiger partial charge on any atom is 0.254 e. The highest BCUT2D eigenvalue weighted by atomic mass is 35.5. The van der Waals surface area contributed by atoms with Crippen molar-refractivity contribution in [3.05, 3.63) is 29.3 Å². The van der Waals surface area contributed by atoms with E-state index in [4.69, 9.17) is 0 Å². The summed E-state index contributed by atoms with van der Waals surface area (Å²) in [5, 5.41) is 3.32. The molecule has 0 saturated carbocycles. The third-order valence-electron chi connectivity index (χ3n) is 3.88. The fourth-order valence-corrected chi connectivity index (χ4v) is 2.84. The maximum atomic E-state index is 12.4. The Bertz CT molecular complexity index is 461. The molecule has 3 rings (SSSR count). The Morgan fingerprint density at radius 2 is 2.28 bits per heavy atom. The van der Waals surface area contributed by atoms with E-state index in [1.807, 2.05) is 17.0 Å². The zero-order valence-electron chi connectivity index (χ0n) is 10.6. The summed E-state index contributed by atoms with van der Waals surface area (Å²) in [6.07, 6.45) is 3.31. The molecule has 1 aromatic rings. The van der Waals surface area contributed by atoms with E-state index in [0.717, 1.165) is 37.9 Å². The van der Waals surface area contributed by atoms with Crippen molar-refractivity contribution in [2.45, 2.75) is 32.2 Å². The molecule has 1 atom stereocenters. The van der Waals surface area contributed by atoms with Gasteiger partial charge < -0.3 is 10.2 Å². The second-order valence-corrected chi connectivity index (χ2v) is 5.04. The average molecular weight is 267 g/mol. The van der Waals surface area contributed by atoms with E-state index in [1.165, 1.54) is 11.3 Å². The summed E-state index contributed by atoms with van der Waals surface area (Å²) in [6.45, 7) is 4.04. The minimum absolute atomic E-state index is 0. The highest BCUT2D eigenvalue weighted by Gasteiger charge is 2.26. The van der Waals surface area contributed by atoms with Gasteiger partial charge in [-0.3, -0.25) is 4.79 Å². The van der Waals surface area contributed by atoms with Crippen molar-refractivity contribution in [2.75, 3.05) is 18.4 Å². The number of benzene rings is 1. The molecule has 0 radical (unpaired) electrons. The smallest absolute Gasteiger partial charge is 0.254 e. The molecule has 2 aliphatic rings. The predicted molar refractivity (Wildman–Crippen MR) is 75.6 cm³/mol. The van der Waals surface area contributed by atoms with Crippen LogP contribution in [0.25, 0.3) is 0 Å². The number of carbonyl (C=O) groups is 1. The zero-order chi connectivity index (χ0) is 11.8. The fourth-order valence-electron chi connectivity index (χ4n) is 2.84. The average Bonchev–Trinajstić information content (AvgIpc) is 2.95. The van der Waals surface area contributed by atoms with Crippen LogP contribution in [-0.4, -0.2) is 29.9 Å². The Labute approximate surface area is 114 Å². The van der Waals surface area contributed by atoms with Gasteiger partial charge in [-0.1, -0.05) is 0 Å². The molecule has 18 heavy (non-hydrogen) atoms. The molecule has 0 bridgehead atoms. The molecule has 1 saturated heterocycles. The SMILES string of the molecule is CC1CCCN1C(=O)c1ccc2c(c1)CCN2.Cl. The summed E-state index contributed by atoms with van der Waals surface area (Å²) < 4.78 is 0. The van der Waals surface area contributed by atoms with Gasteiger partial charge in [0, 0.05) is 30.4 Å². The van der Waals surface area contributed by atoms with E-state index in [1.54, 1.807) is 0 Å². The van der Waals surface area contributed by atoms with Crippen LogP contribution in [0.5, 0.6) is 0 Å². The van der Waals surface area contributed by atoms with Crippen LogP contribution >= 0.6 is 12.4 Å². The first kappa shape index (κ1) is 13.2. The Balaban J connectivity index is 0.00000120. The Hall–Kier alpha value is -1.22. The first-order valence-corrected chi connectivity index (χ1v) is 6.43. The van der Waals surface area contributed by atoms with E-state index < -0.39 is 0 Å². The van der Waals surface area contributed by atoms with Crippen molar-refractivity contribution in [3.63, 3.8) is 0 Å². The van der Waals surface area contributed by atoms with Crippen LogP contribution in [0.4, 0.5) is 5.69 Å². The number of amides is 1. The second-order valence-electron chi connectivity index (χ2n) is 5.04. The van der Waals surface area contributed by atoms with E-state index in [2.05, 4.69) is 18.3 Å². The van der Waals surface area contributed by atoms with Crippen LogP contribution in [-0.2, 0) is 6.42 Å². The number of fused-ring (bicyclic) bond motifs is 1. The van der Waals surface area contributed by atoms with Gasteiger partial charge in [-0.25, -0.2) is 0 Å². The van der Waals surface area contributed by atoms with Crippen LogP contribution in [0.2, 0.25) is 0 Å². The van der Waals surface area contributed by atoms with Gasteiger partial charge >= 0.3 is 0 Å². The van der Waals surface area contributed by atoms with Crippen molar-refractivity contribution in [3.8, 4) is 0 Å². The van der Waals surface area contributed by atoms with Crippen molar-refractivity contribution in [1.29, 1.82) is 0 Å². The molecule has 1 unspecified atom stereocenters. The minimum Gasteiger partial charge on any atom is -0.384 e. The van der Waals surface area contributed by atoms with Gasteiger partial charge in [0.05, 0.1) is 0 Å². The number of rotatable bonds is 1. The third-order valence-corrected chi connectivity index (χ3v) is 3.88. The van der Waals surface area contributed by atoms with Crippen molar-refractivity contribution >= 4 is 24.0 Å². The largest absolute Gasteiger partial charge is 0.384 e. The summed E-state index contributed by atoms with van der Waals surface area (Å²) >= 11 is 0. The van der Waals surface area contributed by atoms with E-state index in [0.29, 0.717) is 6.04 Å². The lowest BCUT2D eigenvalue weighted by Gasteiger charge is -2.21. The Morgan fingerprint density at radius 1 is 1.44 bits per heavy atom. The predicted octanol–water partition coefficient (Wildman–Crippen LogP) is 2.70. The Kier molecular flexibility index (Phi) is 3.81. The molecule has 0 spiro atoms. The summed E-state index contributed by atoms with van der Waals surface area (Å²) in [5.41, 5.74) is 3.32. The molecule has 98 valence electrons. The van der Waals surface area contributed by atoms with Crippen LogP contribution in [0, 0.1) is 0 Å². The molecular weight excluding hydrogens is 248 g/mol. The lowest BCUT2D eigenvalue weighted by molar-refractivity contribution is 0.0747. The number of anilines is 1. The van der Waals surface area contributed by atoms with Gasteiger partial charge in [0.2, 0.25) is 0 Å². The summed E-state index contributed by atoms with van der Waals surface area (Å²) in [7, 11) is 0. The number of hydrogen-bond acceptors (Lipinski definition) is 2. The number of likely N-dealkylation sites (tertiary alicyclic amines) is 1. The van der Waals surface area contributed by atoms with Crippen LogP contribution in [0.1, 0.15) is 35.7 Å². The molecule has 0 aromatic heterocycles. The summed E-state index contributed by atoms with van der Waals surface area (Å²) in [6, 6.07) is 6.44. The third kappa shape index (κ3) is 2.19. The quantitative estimate of drug-likeness (QED) is 0.848. The van der Waals surface area contributed by atoms with Crippen LogP contribution in [0.3, 0.4) is 0 Å².